The summed E-state index contributed by atoms with van der Waals surface area (Å²) in [7, 11) is 0. The van der Waals surface area contributed by atoms with Crippen LogP contribution in [0.4, 0.5) is 4.39 Å². The van der Waals surface area contributed by atoms with Crippen LogP contribution in [0.25, 0.3) is 0 Å². The van der Waals surface area contributed by atoms with Gasteiger partial charge in [0.05, 0.1) is 5.56 Å². The lowest BCUT2D eigenvalue weighted by molar-refractivity contribution is 0.0696. The van der Waals surface area contributed by atoms with Crippen molar-refractivity contribution < 1.29 is 19.0 Å². The summed E-state index contributed by atoms with van der Waals surface area (Å²) in [5, 5.41) is 8.80. The molecule has 4 heteroatoms. The number of hydrogen-bond donors (Lipinski definition) is 1. The lowest BCUT2D eigenvalue weighted by Crippen LogP contribution is -2.04. The summed E-state index contributed by atoms with van der Waals surface area (Å²) in [5.74, 6) is -0.407. The maximum absolute atomic E-state index is 11.9. The van der Waals surface area contributed by atoms with E-state index in [4.69, 9.17) is 9.84 Å². The third kappa shape index (κ3) is 2.68. The highest BCUT2D eigenvalue weighted by Crippen LogP contribution is 2.24. The lowest BCUT2D eigenvalue weighted by Gasteiger charge is -2.11. The number of alkyl halides is 1. The van der Waals surface area contributed by atoms with Gasteiger partial charge in [0.25, 0.3) is 0 Å². The molecular weight excluding hydrogens is 199 g/mol. The normalized spacial score (nSPS) is 10.1. The smallest absolute Gasteiger partial charge is 0.335 e. The molecule has 0 radical (unpaired) electrons. The Morgan fingerprint density at radius 2 is 1.93 bits per heavy atom. The van der Waals surface area contributed by atoms with Gasteiger partial charge in [-0.3, -0.25) is 0 Å². The number of carbonyl (C=O) groups is 1. The molecule has 0 amide bonds. The molecule has 0 aliphatic carbocycles. The number of carboxylic acids is 1. The Balaban J connectivity index is 3.04. The van der Waals surface area contributed by atoms with Crippen LogP contribution in [-0.4, -0.2) is 24.4 Å². The van der Waals surface area contributed by atoms with Crippen molar-refractivity contribution in [2.45, 2.75) is 13.8 Å². The van der Waals surface area contributed by atoms with Crippen LogP contribution >= 0.6 is 0 Å². The molecule has 0 unspecified atom stereocenters. The second-order valence-corrected chi connectivity index (χ2v) is 3.28. The van der Waals surface area contributed by atoms with E-state index in [-0.39, 0.29) is 12.2 Å². The quantitative estimate of drug-likeness (QED) is 0.833. The standard InChI is InChI=1S/C11H13FO3/c1-7-5-9(11(13)14)6-8(2)10(7)15-4-3-12/h5-6H,3-4H2,1-2H3,(H,13,14). The van der Waals surface area contributed by atoms with E-state index in [0.29, 0.717) is 16.9 Å². The van der Waals surface area contributed by atoms with E-state index in [2.05, 4.69) is 0 Å². The predicted molar refractivity (Wildman–Crippen MR) is 54.3 cm³/mol. The summed E-state index contributed by atoms with van der Waals surface area (Å²) >= 11 is 0. The van der Waals surface area contributed by atoms with Crippen molar-refractivity contribution in [1.29, 1.82) is 0 Å². The van der Waals surface area contributed by atoms with Crippen LogP contribution < -0.4 is 4.74 Å². The van der Waals surface area contributed by atoms with Gasteiger partial charge in [-0.25, -0.2) is 9.18 Å². The van der Waals surface area contributed by atoms with E-state index < -0.39 is 12.6 Å². The third-order valence-corrected chi connectivity index (χ3v) is 2.03. The van der Waals surface area contributed by atoms with Crippen molar-refractivity contribution in [2.75, 3.05) is 13.3 Å². The molecule has 3 nitrogen and oxygen atoms in total. The van der Waals surface area contributed by atoms with Crippen LogP contribution in [0.15, 0.2) is 12.1 Å². The minimum absolute atomic E-state index is 0.00586. The van der Waals surface area contributed by atoms with Crippen LogP contribution in [-0.2, 0) is 0 Å². The number of hydrogen-bond acceptors (Lipinski definition) is 2. The van der Waals surface area contributed by atoms with Gasteiger partial charge in [-0.1, -0.05) is 0 Å². The summed E-state index contributed by atoms with van der Waals surface area (Å²) in [6, 6.07) is 3.03. The first kappa shape index (κ1) is 11.5. The number of ether oxygens (including phenoxy) is 1. The molecular formula is C11H13FO3. The maximum atomic E-state index is 11.9. The number of halogens is 1. The number of aromatic carboxylic acids is 1. The predicted octanol–water partition coefficient (Wildman–Crippen LogP) is 2.35. The summed E-state index contributed by atoms with van der Waals surface area (Å²) in [5.41, 5.74) is 1.64. The molecule has 15 heavy (non-hydrogen) atoms. The Morgan fingerprint density at radius 1 is 1.40 bits per heavy atom. The molecule has 0 aliphatic rings. The van der Waals surface area contributed by atoms with Crippen molar-refractivity contribution in [3.8, 4) is 5.75 Å². The second-order valence-electron chi connectivity index (χ2n) is 3.28. The molecule has 0 aromatic heterocycles. The maximum Gasteiger partial charge on any atom is 0.335 e. The topological polar surface area (TPSA) is 46.5 Å². The molecule has 1 rings (SSSR count). The van der Waals surface area contributed by atoms with E-state index in [9.17, 15) is 9.18 Å². The number of carboxylic acid groups (broad SMARTS) is 1. The Morgan fingerprint density at radius 3 is 2.33 bits per heavy atom. The minimum Gasteiger partial charge on any atom is -0.490 e. The fraction of sp³-hybridized carbons (Fsp3) is 0.364. The number of benzene rings is 1. The third-order valence-electron chi connectivity index (χ3n) is 2.03. The van der Waals surface area contributed by atoms with Gasteiger partial charge < -0.3 is 9.84 Å². The van der Waals surface area contributed by atoms with Gasteiger partial charge in [0.15, 0.2) is 0 Å². The van der Waals surface area contributed by atoms with Gasteiger partial charge in [-0.15, -0.1) is 0 Å². The SMILES string of the molecule is Cc1cc(C(=O)O)cc(C)c1OCCF. The van der Waals surface area contributed by atoms with E-state index in [1.807, 2.05) is 0 Å². The molecule has 1 N–H and O–H groups in total. The van der Waals surface area contributed by atoms with Crippen molar-refractivity contribution in [1.82, 2.24) is 0 Å². The summed E-state index contributed by atoms with van der Waals surface area (Å²) in [4.78, 5) is 10.7. The summed E-state index contributed by atoms with van der Waals surface area (Å²) < 4.78 is 17.1. The van der Waals surface area contributed by atoms with Crippen LogP contribution in [0.5, 0.6) is 5.75 Å². The molecule has 0 heterocycles. The van der Waals surface area contributed by atoms with Crippen molar-refractivity contribution in [3.63, 3.8) is 0 Å². The van der Waals surface area contributed by atoms with E-state index in [1.54, 1.807) is 13.8 Å². The lowest BCUT2D eigenvalue weighted by atomic mass is 10.1. The Hall–Kier alpha value is -1.58. The number of aryl methyl sites for hydroxylation is 2. The van der Waals surface area contributed by atoms with E-state index in [0.717, 1.165) is 0 Å². The Bertz CT molecular complexity index is 351. The highest BCUT2D eigenvalue weighted by molar-refractivity contribution is 5.88. The van der Waals surface area contributed by atoms with Gasteiger partial charge in [-0.2, -0.15) is 0 Å². The zero-order valence-electron chi connectivity index (χ0n) is 8.71. The molecule has 82 valence electrons. The molecule has 0 saturated heterocycles. The average Bonchev–Trinajstić information content (AvgIpc) is 2.16. The minimum atomic E-state index is -0.974. The first-order valence-electron chi connectivity index (χ1n) is 4.59. The van der Waals surface area contributed by atoms with Crippen molar-refractivity contribution in [3.05, 3.63) is 28.8 Å². The highest BCUT2D eigenvalue weighted by atomic mass is 19.1. The molecule has 0 aliphatic heterocycles. The average molecular weight is 212 g/mol. The van der Waals surface area contributed by atoms with Gasteiger partial charge >= 0.3 is 5.97 Å². The fourth-order valence-electron chi connectivity index (χ4n) is 1.44. The second kappa shape index (κ2) is 4.77. The van der Waals surface area contributed by atoms with E-state index >= 15 is 0 Å². The molecule has 0 bridgehead atoms. The first-order valence-corrected chi connectivity index (χ1v) is 4.59. The molecule has 1 aromatic rings. The van der Waals surface area contributed by atoms with Crippen LogP contribution in [0, 0.1) is 13.8 Å². The van der Waals surface area contributed by atoms with Crippen molar-refractivity contribution in [2.24, 2.45) is 0 Å². The monoisotopic (exact) mass is 212 g/mol. The fourth-order valence-corrected chi connectivity index (χ4v) is 1.44. The molecule has 0 saturated carbocycles. The van der Waals surface area contributed by atoms with Gasteiger partial charge in [0.1, 0.15) is 19.0 Å². The molecule has 0 atom stereocenters. The molecule has 0 spiro atoms. The van der Waals surface area contributed by atoms with Crippen LogP contribution in [0.3, 0.4) is 0 Å². The number of rotatable bonds is 4. The van der Waals surface area contributed by atoms with E-state index in [1.165, 1.54) is 12.1 Å². The first-order chi connectivity index (χ1) is 7.06. The van der Waals surface area contributed by atoms with Crippen LogP contribution in [0.1, 0.15) is 21.5 Å². The Labute approximate surface area is 87.5 Å². The largest absolute Gasteiger partial charge is 0.490 e. The summed E-state index contributed by atoms with van der Waals surface area (Å²) in [6.07, 6.45) is 0. The molecule has 1 aromatic carbocycles. The van der Waals surface area contributed by atoms with Gasteiger partial charge in [-0.05, 0) is 37.1 Å². The van der Waals surface area contributed by atoms with Crippen molar-refractivity contribution >= 4 is 5.97 Å². The zero-order chi connectivity index (χ0) is 11.4. The highest BCUT2D eigenvalue weighted by Gasteiger charge is 2.10. The molecule has 0 fully saturated rings. The zero-order valence-corrected chi connectivity index (χ0v) is 8.71. The van der Waals surface area contributed by atoms with Gasteiger partial charge in [0.2, 0.25) is 0 Å². The summed E-state index contributed by atoms with van der Waals surface area (Å²) in [6.45, 7) is 2.92. The Kier molecular flexibility index (Phi) is 3.66. The van der Waals surface area contributed by atoms with Crippen LogP contribution in [0.2, 0.25) is 0 Å². The van der Waals surface area contributed by atoms with Gasteiger partial charge in [0, 0.05) is 0 Å².